The zero-order valence-electron chi connectivity index (χ0n) is 49.6. The number of esters is 1. The summed E-state index contributed by atoms with van der Waals surface area (Å²) in [4.78, 5) is 24.5. The van der Waals surface area contributed by atoms with Gasteiger partial charge in [0.15, 0.2) is 0 Å². The lowest BCUT2D eigenvalue weighted by Crippen LogP contribution is -2.45. The number of carbonyl (C=O) groups is 2. The van der Waals surface area contributed by atoms with Crippen molar-refractivity contribution in [3.63, 3.8) is 0 Å². The van der Waals surface area contributed by atoms with Crippen LogP contribution in [0.25, 0.3) is 0 Å². The molecule has 3 N–H and O–H groups in total. The van der Waals surface area contributed by atoms with Crippen LogP contribution in [0.1, 0.15) is 348 Å². The molecule has 0 saturated heterocycles. The van der Waals surface area contributed by atoms with Gasteiger partial charge < -0.3 is 20.3 Å². The van der Waals surface area contributed by atoms with Gasteiger partial charge in [0.1, 0.15) is 0 Å². The molecule has 0 aromatic carbocycles. The molecule has 0 aromatic rings. The SMILES string of the molecule is CCCC/C=C\CCCCCCCC(=O)OCCCCCCCCCCC/C=C\C/C=C\CCCCCCCCCCCC(=O)NC(CO)C(O)/C=C/CCCCCCCCCCCCCCCCCCCCC. The molecule has 0 radical (unpaired) electrons. The first-order valence-corrected chi connectivity index (χ1v) is 32.9. The molecule has 0 spiro atoms. The van der Waals surface area contributed by atoms with E-state index < -0.39 is 12.1 Å². The molecule has 0 fully saturated rings. The summed E-state index contributed by atoms with van der Waals surface area (Å²) in [6.45, 7) is 4.88. The Hall–Kier alpha value is -2.18. The van der Waals surface area contributed by atoms with Crippen molar-refractivity contribution in [3.05, 3.63) is 48.6 Å². The van der Waals surface area contributed by atoms with Crippen LogP contribution in [0.4, 0.5) is 0 Å². The highest BCUT2D eigenvalue weighted by molar-refractivity contribution is 5.76. The maximum atomic E-state index is 12.5. The van der Waals surface area contributed by atoms with Crippen molar-refractivity contribution in [1.29, 1.82) is 0 Å². The van der Waals surface area contributed by atoms with Crippen molar-refractivity contribution >= 4 is 11.9 Å². The van der Waals surface area contributed by atoms with Crippen LogP contribution < -0.4 is 5.32 Å². The number of unbranched alkanes of at least 4 members (excludes halogenated alkanes) is 44. The van der Waals surface area contributed by atoms with Crippen LogP contribution >= 0.6 is 0 Å². The highest BCUT2D eigenvalue weighted by atomic mass is 16.5. The maximum Gasteiger partial charge on any atom is 0.305 e. The van der Waals surface area contributed by atoms with Crippen LogP contribution in [0, 0.1) is 0 Å². The summed E-state index contributed by atoms with van der Waals surface area (Å²) >= 11 is 0. The van der Waals surface area contributed by atoms with Crippen LogP contribution in [-0.4, -0.2) is 47.4 Å². The third-order valence-electron chi connectivity index (χ3n) is 15.1. The largest absolute Gasteiger partial charge is 0.466 e. The number of allylic oxidation sites excluding steroid dienone is 7. The van der Waals surface area contributed by atoms with Gasteiger partial charge in [-0.1, -0.05) is 300 Å². The zero-order chi connectivity index (χ0) is 53.6. The monoisotopic (exact) mass is 1040 g/mol. The van der Waals surface area contributed by atoms with Crippen LogP contribution in [0.5, 0.6) is 0 Å². The standard InChI is InChI=1S/C68H127NO5/c1-3-5-7-9-11-13-15-16-17-18-19-25-28-31-34-37-41-44-48-52-56-60-66(71)65(64-70)69-67(72)61-57-53-49-45-42-38-35-32-29-26-23-21-20-22-24-27-30-33-36-39-43-47-51-55-59-63-74-68(73)62-58-54-50-46-40-14-12-10-8-6-4-2/h10,12,21-24,56,60,65-66,70-71H,3-9,11,13-20,25-55,57-59,61-64H2,1-2H3,(H,69,72)/b12-10-,23-21-,24-22-,60-56+. The molecule has 0 aromatic heterocycles. The molecule has 434 valence electrons. The van der Waals surface area contributed by atoms with E-state index >= 15 is 0 Å². The first-order chi connectivity index (χ1) is 36.5. The number of rotatable bonds is 61. The lowest BCUT2D eigenvalue weighted by atomic mass is 10.0. The van der Waals surface area contributed by atoms with Crippen molar-refractivity contribution in [1.82, 2.24) is 5.32 Å². The number of carbonyl (C=O) groups excluding carboxylic acids is 2. The minimum atomic E-state index is -0.850. The van der Waals surface area contributed by atoms with Gasteiger partial charge in [0.2, 0.25) is 5.91 Å². The van der Waals surface area contributed by atoms with Gasteiger partial charge >= 0.3 is 5.97 Å². The van der Waals surface area contributed by atoms with Crippen molar-refractivity contribution in [2.45, 2.75) is 360 Å². The first-order valence-electron chi connectivity index (χ1n) is 32.9. The van der Waals surface area contributed by atoms with Gasteiger partial charge in [0, 0.05) is 12.8 Å². The molecule has 0 aliphatic rings. The summed E-state index contributed by atoms with van der Waals surface area (Å²) in [5.74, 6) is -0.0744. The number of hydrogen-bond donors (Lipinski definition) is 3. The average molecular weight is 1040 g/mol. The first kappa shape index (κ1) is 71.8. The van der Waals surface area contributed by atoms with Gasteiger partial charge in [0.25, 0.3) is 0 Å². The van der Waals surface area contributed by atoms with Gasteiger partial charge in [0.05, 0.1) is 25.4 Å². The minimum absolute atomic E-state index is 0.00270. The molecular formula is C68H127NO5. The van der Waals surface area contributed by atoms with Crippen LogP contribution in [-0.2, 0) is 14.3 Å². The number of nitrogens with one attached hydrogen (secondary N) is 1. The molecule has 6 nitrogen and oxygen atoms in total. The van der Waals surface area contributed by atoms with Gasteiger partial charge in [-0.2, -0.15) is 0 Å². The second kappa shape index (κ2) is 63.4. The highest BCUT2D eigenvalue weighted by Crippen LogP contribution is 2.17. The second-order valence-corrected chi connectivity index (χ2v) is 22.4. The van der Waals surface area contributed by atoms with Crippen molar-refractivity contribution < 1.29 is 24.5 Å². The number of amides is 1. The van der Waals surface area contributed by atoms with Crippen LogP contribution in [0.2, 0.25) is 0 Å². The van der Waals surface area contributed by atoms with E-state index in [1.54, 1.807) is 6.08 Å². The summed E-state index contributed by atoms with van der Waals surface area (Å²) in [7, 11) is 0. The van der Waals surface area contributed by atoms with Crippen molar-refractivity contribution in [3.8, 4) is 0 Å². The third kappa shape index (κ3) is 59.1. The summed E-state index contributed by atoms with van der Waals surface area (Å²) in [5.41, 5.74) is 0. The van der Waals surface area contributed by atoms with E-state index in [-0.39, 0.29) is 18.5 Å². The lowest BCUT2D eigenvalue weighted by Gasteiger charge is -2.20. The van der Waals surface area contributed by atoms with Gasteiger partial charge in [-0.3, -0.25) is 9.59 Å². The van der Waals surface area contributed by atoms with Crippen molar-refractivity contribution in [2.75, 3.05) is 13.2 Å². The van der Waals surface area contributed by atoms with Crippen LogP contribution in [0.3, 0.4) is 0 Å². The third-order valence-corrected chi connectivity index (χ3v) is 15.1. The number of ether oxygens (including phenoxy) is 1. The van der Waals surface area contributed by atoms with E-state index in [0.717, 1.165) is 51.4 Å². The second-order valence-electron chi connectivity index (χ2n) is 22.4. The highest BCUT2D eigenvalue weighted by Gasteiger charge is 2.18. The van der Waals surface area contributed by atoms with Gasteiger partial charge in [-0.15, -0.1) is 0 Å². The molecule has 0 rings (SSSR count). The van der Waals surface area contributed by atoms with E-state index in [4.69, 9.17) is 4.74 Å². The predicted octanol–water partition coefficient (Wildman–Crippen LogP) is 20.9. The number of aliphatic hydroxyl groups excluding tert-OH is 2. The van der Waals surface area contributed by atoms with Crippen molar-refractivity contribution in [2.24, 2.45) is 0 Å². The topological polar surface area (TPSA) is 95.9 Å². The normalized spacial score (nSPS) is 12.9. The Balaban J connectivity index is 3.48. The summed E-state index contributed by atoms with van der Waals surface area (Å²) in [6.07, 6.45) is 81.7. The van der Waals surface area contributed by atoms with E-state index in [0.29, 0.717) is 19.4 Å². The smallest absolute Gasteiger partial charge is 0.305 e. The Bertz CT molecular complexity index is 1240. The molecular weight excluding hydrogens is 911 g/mol. The lowest BCUT2D eigenvalue weighted by molar-refractivity contribution is -0.143. The summed E-state index contributed by atoms with van der Waals surface area (Å²) in [6, 6.07) is -0.634. The van der Waals surface area contributed by atoms with E-state index in [1.165, 1.54) is 270 Å². The molecule has 1 amide bonds. The molecule has 74 heavy (non-hydrogen) atoms. The fraction of sp³-hybridized carbons (Fsp3) is 0.853. The average Bonchev–Trinajstić information content (AvgIpc) is 3.40. The quantitative estimate of drug-likeness (QED) is 0.0320. The maximum absolute atomic E-state index is 12.5. The molecule has 6 heteroatoms. The molecule has 0 bridgehead atoms. The molecule has 2 atom stereocenters. The number of hydrogen-bond acceptors (Lipinski definition) is 5. The molecule has 0 aliphatic carbocycles. The molecule has 0 aliphatic heterocycles. The number of aliphatic hydroxyl groups is 2. The van der Waals surface area contributed by atoms with E-state index in [1.807, 2.05) is 6.08 Å². The van der Waals surface area contributed by atoms with Gasteiger partial charge in [-0.05, 0) is 83.5 Å². The Kier molecular flexibility index (Phi) is 61.5. The van der Waals surface area contributed by atoms with E-state index in [2.05, 4.69) is 55.6 Å². The Labute approximate surface area is 461 Å². The molecule has 2 unspecified atom stereocenters. The minimum Gasteiger partial charge on any atom is -0.466 e. The zero-order valence-corrected chi connectivity index (χ0v) is 49.6. The van der Waals surface area contributed by atoms with Crippen LogP contribution in [0.15, 0.2) is 48.6 Å². The fourth-order valence-electron chi connectivity index (χ4n) is 10.00. The molecule has 0 saturated carbocycles. The summed E-state index contributed by atoms with van der Waals surface area (Å²) in [5, 5.41) is 23.2. The Morgan fingerprint density at radius 2 is 0.689 bits per heavy atom. The Morgan fingerprint density at radius 1 is 0.378 bits per heavy atom. The predicted molar refractivity (Wildman–Crippen MR) is 324 cm³/mol. The van der Waals surface area contributed by atoms with E-state index in [9.17, 15) is 19.8 Å². The molecule has 0 heterocycles. The van der Waals surface area contributed by atoms with Gasteiger partial charge in [-0.25, -0.2) is 0 Å². The summed E-state index contributed by atoms with van der Waals surface area (Å²) < 4.78 is 5.46. The fourth-order valence-corrected chi connectivity index (χ4v) is 10.00. The Morgan fingerprint density at radius 3 is 1.08 bits per heavy atom.